The molecule has 1 aromatic carbocycles. The molecule has 3 rings (SSSR count). The lowest BCUT2D eigenvalue weighted by Gasteiger charge is -2.12. The Labute approximate surface area is 138 Å². The number of thioether (sulfide) groups is 1. The summed E-state index contributed by atoms with van der Waals surface area (Å²) < 4.78 is 5.63. The predicted octanol–water partition coefficient (Wildman–Crippen LogP) is 4.04. The summed E-state index contributed by atoms with van der Waals surface area (Å²) in [6.07, 6.45) is 2.34. The number of aryl methyl sites for hydroxylation is 1. The Morgan fingerprint density at radius 2 is 2.09 bits per heavy atom. The fourth-order valence-corrected chi connectivity index (χ4v) is 2.96. The summed E-state index contributed by atoms with van der Waals surface area (Å²) in [6, 6.07) is 11.3. The van der Waals surface area contributed by atoms with Gasteiger partial charge in [0.05, 0.1) is 5.25 Å². The molecule has 3 aromatic rings. The van der Waals surface area contributed by atoms with Crippen LogP contribution in [0.25, 0.3) is 11.2 Å². The van der Waals surface area contributed by atoms with Crippen LogP contribution in [0.1, 0.15) is 18.9 Å². The van der Waals surface area contributed by atoms with Crippen LogP contribution in [-0.4, -0.2) is 21.1 Å². The molecule has 0 aliphatic rings. The van der Waals surface area contributed by atoms with Gasteiger partial charge in [-0.05, 0) is 37.6 Å². The van der Waals surface area contributed by atoms with E-state index in [1.807, 2.05) is 44.2 Å². The van der Waals surface area contributed by atoms with Gasteiger partial charge in [-0.25, -0.2) is 4.98 Å². The Morgan fingerprint density at radius 3 is 2.78 bits per heavy atom. The average molecular weight is 327 g/mol. The number of oxazole rings is 1. The first-order valence-electron chi connectivity index (χ1n) is 7.41. The molecule has 0 aliphatic heterocycles. The largest absolute Gasteiger partial charge is 0.430 e. The van der Waals surface area contributed by atoms with E-state index in [1.54, 1.807) is 12.3 Å². The fraction of sp³-hybridized carbons (Fsp3) is 0.235. The summed E-state index contributed by atoms with van der Waals surface area (Å²) in [5, 5.41) is 3.12. The summed E-state index contributed by atoms with van der Waals surface area (Å²) in [5.74, 6) is -0.0587. The van der Waals surface area contributed by atoms with Gasteiger partial charge >= 0.3 is 0 Å². The maximum absolute atomic E-state index is 12.4. The Kier molecular flexibility index (Phi) is 4.62. The van der Waals surface area contributed by atoms with E-state index in [0.29, 0.717) is 22.9 Å². The molecule has 0 fully saturated rings. The summed E-state index contributed by atoms with van der Waals surface area (Å²) in [5.41, 5.74) is 3.13. The third-order valence-electron chi connectivity index (χ3n) is 3.37. The van der Waals surface area contributed by atoms with E-state index in [9.17, 15) is 4.79 Å². The second-order valence-electron chi connectivity index (χ2n) is 5.17. The van der Waals surface area contributed by atoms with E-state index in [-0.39, 0.29) is 11.2 Å². The quantitative estimate of drug-likeness (QED) is 0.716. The zero-order valence-corrected chi connectivity index (χ0v) is 13.8. The molecule has 23 heavy (non-hydrogen) atoms. The third kappa shape index (κ3) is 3.71. The number of fused-ring (bicyclic) bond motifs is 1. The molecular formula is C17H17N3O2S. The maximum Gasteiger partial charge on any atom is 0.259 e. The van der Waals surface area contributed by atoms with Crippen molar-refractivity contribution in [1.29, 1.82) is 0 Å². The Morgan fingerprint density at radius 1 is 1.30 bits per heavy atom. The molecule has 1 amide bonds. The molecule has 1 N–H and O–H groups in total. The lowest BCUT2D eigenvalue weighted by molar-refractivity contribution is -0.115. The smallest absolute Gasteiger partial charge is 0.259 e. The summed E-state index contributed by atoms with van der Waals surface area (Å²) in [7, 11) is 0. The van der Waals surface area contributed by atoms with Gasteiger partial charge in [-0.15, -0.1) is 0 Å². The van der Waals surface area contributed by atoms with E-state index >= 15 is 0 Å². The molecule has 0 radical (unpaired) electrons. The third-order valence-corrected chi connectivity index (χ3v) is 4.58. The maximum atomic E-state index is 12.4. The second-order valence-corrected chi connectivity index (χ2v) is 6.33. The van der Waals surface area contributed by atoms with Crippen molar-refractivity contribution in [3.8, 4) is 0 Å². The molecule has 0 unspecified atom stereocenters. The number of nitrogens with zero attached hydrogens (tertiary/aromatic N) is 2. The van der Waals surface area contributed by atoms with Crippen LogP contribution in [-0.2, 0) is 4.79 Å². The number of hydrogen-bond acceptors (Lipinski definition) is 5. The van der Waals surface area contributed by atoms with Crippen molar-refractivity contribution < 1.29 is 9.21 Å². The van der Waals surface area contributed by atoms with Gasteiger partial charge in [0.25, 0.3) is 5.22 Å². The number of carbonyl (C=O) groups excluding carboxylic acids is 1. The molecule has 118 valence electrons. The Balaban J connectivity index is 1.71. The van der Waals surface area contributed by atoms with Gasteiger partial charge in [0.15, 0.2) is 11.2 Å². The van der Waals surface area contributed by atoms with Gasteiger partial charge in [-0.2, -0.15) is 4.98 Å². The van der Waals surface area contributed by atoms with Gasteiger partial charge < -0.3 is 9.73 Å². The van der Waals surface area contributed by atoms with Crippen LogP contribution in [0.2, 0.25) is 0 Å². The molecule has 1 atom stereocenters. The van der Waals surface area contributed by atoms with Crippen LogP contribution >= 0.6 is 11.8 Å². The number of aromatic nitrogens is 2. The number of rotatable bonds is 5. The highest BCUT2D eigenvalue weighted by atomic mass is 32.2. The lowest BCUT2D eigenvalue weighted by atomic mass is 10.2. The average Bonchev–Trinajstić information content (AvgIpc) is 2.97. The molecule has 0 saturated carbocycles. The molecule has 2 aromatic heterocycles. The van der Waals surface area contributed by atoms with Crippen molar-refractivity contribution in [2.45, 2.75) is 30.7 Å². The number of pyridine rings is 1. The number of amides is 1. The summed E-state index contributed by atoms with van der Waals surface area (Å²) in [6.45, 7) is 3.98. The van der Waals surface area contributed by atoms with Gasteiger partial charge in [0, 0.05) is 11.9 Å². The minimum absolute atomic E-state index is 0.0587. The van der Waals surface area contributed by atoms with Gasteiger partial charge in [-0.1, -0.05) is 36.4 Å². The number of nitrogens with one attached hydrogen (secondary N) is 1. The number of carbonyl (C=O) groups is 1. The van der Waals surface area contributed by atoms with Gasteiger partial charge in [0.1, 0.15) is 0 Å². The second kappa shape index (κ2) is 6.83. The van der Waals surface area contributed by atoms with Crippen LogP contribution in [0.3, 0.4) is 0 Å². The number of anilines is 1. The van der Waals surface area contributed by atoms with E-state index in [0.717, 1.165) is 11.3 Å². The van der Waals surface area contributed by atoms with Gasteiger partial charge in [0.2, 0.25) is 5.91 Å². The SMILES string of the molecule is CC[C@H](Sc1nc2ncccc2o1)C(=O)Nc1ccc(C)cc1. The van der Waals surface area contributed by atoms with Crippen LogP contribution in [0.15, 0.2) is 52.2 Å². The highest BCUT2D eigenvalue weighted by Gasteiger charge is 2.21. The first-order chi connectivity index (χ1) is 11.2. The van der Waals surface area contributed by atoms with Crippen molar-refractivity contribution in [1.82, 2.24) is 9.97 Å². The summed E-state index contributed by atoms with van der Waals surface area (Å²) in [4.78, 5) is 20.9. The topological polar surface area (TPSA) is 68.0 Å². The fourth-order valence-electron chi connectivity index (χ4n) is 2.10. The molecule has 0 saturated heterocycles. The van der Waals surface area contributed by atoms with Crippen LogP contribution < -0.4 is 5.32 Å². The van der Waals surface area contributed by atoms with E-state index < -0.39 is 0 Å². The van der Waals surface area contributed by atoms with Crippen molar-refractivity contribution >= 4 is 34.6 Å². The van der Waals surface area contributed by atoms with E-state index in [4.69, 9.17) is 4.42 Å². The standard InChI is InChI=1S/C17H17N3O2S/c1-3-14(16(21)19-12-8-6-11(2)7-9-12)23-17-20-15-13(22-17)5-4-10-18-15/h4-10,14H,3H2,1-2H3,(H,19,21)/t14-/m0/s1. The van der Waals surface area contributed by atoms with Gasteiger partial charge in [-0.3, -0.25) is 4.79 Å². The van der Waals surface area contributed by atoms with Crippen molar-refractivity contribution in [2.75, 3.05) is 5.32 Å². The zero-order valence-electron chi connectivity index (χ0n) is 12.9. The molecule has 0 aliphatic carbocycles. The molecular weight excluding hydrogens is 310 g/mol. The monoisotopic (exact) mass is 327 g/mol. The summed E-state index contributed by atoms with van der Waals surface area (Å²) >= 11 is 1.32. The predicted molar refractivity (Wildman–Crippen MR) is 91.5 cm³/mol. The first-order valence-corrected chi connectivity index (χ1v) is 8.29. The number of benzene rings is 1. The highest BCUT2D eigenvalue weighted by Crippen LogP contribution is 2.28. The zero-order chi connectivity index (χ0) is 16.2. The number of hydrogen-bond donors (Lipinski definition) is 1. The minimum Gasteiger partial charge on any atom is -0.430 e. The highest BCUT2D eigenvalue weighted by molar-refractivity contribution is 8.00. The molecule has 0 bridgehead atoms. The first kappa shape index (κ1) is 15.6. The van der Waals surface area contributed by atoms with Crippen molar-refractivity contribution in [3.05, 3.63) is 48.2 Å². The van der Waals surface area contributed by atoms with Crippen LogP contribution in [0.4, 0.5) is 5.69 Å². The van der Waals surface area contributed by atoms with Crippen LogP contribution in [0, 0.1) is 6.92 Å². The Bertz CT molecular complexity index is 781. The van der Waals surface area contributed by atoms with E-state index in [2.05, 4.69) is 15.3 Å². The molecule has 2 heterocycles. The lowest BCUT2D eigenvalue weighted by Crippen LogP contribution is -2.24. The normalized spacial score (nSPS) is 12.3. The van der Waals surface area contributed by atoms with Crippen molar-refractivity contribution in [2.24, 2.45) is 0 Å². The molecule has 0 spiro atoms. The Hall–Kier alpha value is -2.34. The molecule has 5 nitrogen and oxygen atoms in total. The minimum atomic E-state index is -0.274. The van der Waals surface area contributed by atoms with Crippen LogP contribution in [0.5, 0.6) is 0 Å². The molecule has 6 heteroatoms. The van der Waals surface area contributed by atoms with Crippen molar-refractivity contribution in [3.63, 3.8) is 0 Å². The van der Waals surface area contributed by atoms with E-state index in [1.165, 1.54) is 11.8 Å².